The molecule has 2 rings (SSSR count). The third-order valence-electron chi connectivity index (χ3n) is 4.02. The van der Waals surface area contributed by atoms with Gasteiger partial charge in [-0.25, -0.2) is 4.98 Å². The van der Waals surface area contributed by atoms with Crippen molar-refractivity contribution in [2.24, 2.45) is 0 Å². The van der Waals surface area contributed by atoms with E-state index in [0.29, 0.717) is 6.92 Å². The molecule has 11 heteroatoms. The standard InChI is InChI=1S/C17H19F6N3O2/c1-14(2,3)26-11-7-9(16(18,19)20)5-6-10(11)24-13(26)25-12(27)8-15(4,28)17(21,22)23/h5-7,28H,8H2,1-4H3,(H,24,25,27)/t15-/m1/s1. The van der Waals surface area contributed by atoms with Crippen LogP contribution < -0.4 is 5.32 Å². The van der Waals surface area contributed by atoms with Crippen LogP contribution in [0.3, 0.4) is 0 Å². The number of nitrogens with one attached hydrogen (secondary N) is 1. The van der Waals surface area contributed by atoms with Crippen molar-refractivity contribution < 1.29 is 36.2 Å². The summed E-state index contributed by atoms with van der Waals surface area (Å²) in [5, 5.41) is 11.6. The van der Waals surface area contributed by atoms with E-state index < -0.39 is 41.4 Å². The number of imidazole rings is 1. The van der Waals surface area contributed by atoms with E-state index >= 15 is 0 Å². The van der Waals surface area contributed by atoms with Crippen molar-refractivity contribution in [3.05, 3.63) is 23.8 Å². The average Bonchev–Trinajstić information content (AvgIpc) is 2.80. The molecule has 1 amide bonds. The number of anilines is 1. The lowest BCUT2D eigenvalue weighted by atomic mass is 10.0. The summed E-state index contributed by atoms with van der Waals surface area (Å²) in [6, 6.07) is 2.79. The lowest BCUT2D eigenvalue weighted by Crippen LogP contribution is -2.45. The number of carbonyl (C=O) groups is 1. The second-order valence-electron chi connectivity index (χ2n) is 7.64. The van der Waals surface area contributed by atoms with Crippen molar-refractivity contribution in [3.8, 4) is 0 Å². The maximum Gasteiger partial charge on any atom is 0.417 e. The quantitative estimate of drug-likeness (QED) is 0.734. The first-order chi connectivity index (χ1) is 12.4. The van der Waals surface area contributed by atoms with Gasteiger partial charge in [-0.15, -0.1) is 0 Å². The van der Waals surface area contributed by atoms with Crippen LogP contribution in [0.25, 0.3) is 11.0 Å². The number of fused-ring (bicyclic) bond motifs is 1. The maximum atomic E-state index is 13.0. The van der Waals surface area contributed by atoms with Crippen LogP contribution in [0.2, 0.25) is 0 Å². The number of rotatable bonds is 3. The van der Waals surface area contributed by atoms with E-state index in [9.17, 15) is 36.2 Å². The van der Waals surface area contributed by atoms with Crippen LogP contribution in [0, 0.1) is 0 Å². The summed E-state index contributed by atoms with van der Waals surface area (Å²) in [5.74, 6) is -1.40. The molecular weight excluding hydrogens is 392 g/mol. The first-order valence-corrected chi connectivity index (χ1v) is 8.12. The Morgan fingerprint density at radius 2 is 1.68 bits per heavy atom. The fraction of sp³-hybridized carbons (Fsp3) is 0.529. The number of benzene rings is 1. The second-order valence-corrected chi connectivity index (χ2v) is 7.64. The number of nitrogens with zero attached hydrogens (tertiary/aromatic N) is 2. The summed E-state index contributed by atoms with van der Waals surface area (Å²) in [6.45, 7) is 5.36. The molecule has 0 aliphatic rings. The molecule has 0 aliphatic heterocycles. The summed E-state index contributed by atoms with van der Waals surface area (Å²) in [4.78, 5) is 16.1. The van der Waals surface area contributed by atoms with Crippen LogP contribution in [-0.4, -0.2) is 32.3 Å². The van der Waals surface area contributed by atoms with Gasteiger partial charge in [-0.05, 0) is 45.9 Å². The Morgan fingerprint density at radius 1 is 1.11 bits per heavy atom. The van der Waals surface area contributed by atoms with Crippen LogP contribution in [-0.2, 0) is 16.5 Å². The fourth-order valence-corrected chi connectivity index (χ4v) is 2.60. The van der Waals surface area contributed by atoms with Crippen molar-refractivity contribution >= 4 is 22.9 Å². The Kier molecular flexibility index (Phi) is 5.22. The third kappa shape index (κ3) is 4.40. The molecule has 0 unspecified atom stereocenters. The van der Waals surface area contributed by atoms with E-state index in [4.69, 9.17) is 0 Å². The summed E-state index contributed by atoms with van der Waals surface area (Å²) in [7, 11) is 0. The molecule has 5 nitrogen and oxygen atoms in total. The zero-order valence-corrected chi connectivity index (χ0v) is 15.5. The van der Waals surface area contributed by atoms with E-state index in [1.165, 1.54) is 4.57 Å². The zero-order chi connectivity index (χ0) is 21.7. The van der Waals surface area contributed by atoms with Gasteiger partial charge < -0.3 is 9.67 Å². The van der Waals surface area contributed by atoms with Gasteiger partial charge in [0.1, 0.15) is 0 Å². The van der Waals surface area contributed by atoms with E-state index in [1.54, 1.807) is 20.8 Å². The molecule has 2 N–H and O–H groups in total. The fourth-order valence-electron chi connectivity index (χ4n) is 2.60. The molecule has 0 radical (unpaired) electrons. The SMILES string of the molecule is CC(C)(C)n1c(NC(=O)C[C@@](C)(O)C(F)(F)F)nc2ccc(C(F)(F)F)cc21. The lowest BCUT2D eigenvalue weighted by molar-refractivity contribution is -0.253. The van der Waals surface area contributed by atoms with Gasteiger partial charge in [-0.2, -0.15) is 26.3 Å². The smallest absolute Gasteiger partial charge is 0.380 e. The third-order valence-corrected chi connectivity index (χ3v) is 4.02. The summed E-state index contributed by atoms with van der Waals surface area (Å²) in [5.41, 5.74) is -4.86. The van der Waals surface area contributed by atoms with Gasteiger partial charge in [0, 0.05) is 5.54 Å². The van der Waals surface area contributed by atoms with Crippen LogP contribution in [0.1, 0.15) is 39.7 Å². The number of amides is 1. The van der Waals surface area contributed by atoms with Gasteiger partial charge in [-0.1, -0.05) is 0 Å². The van der Waals surface area contributed by atoms with Crippen LogP contribution in [0.15, 0.2) is 18.2 Å². The second kappa shape index (κ2) is 6.64. The van der Waals surface area contributed by atoms with Gasteiger partial charge in [-0.3, -0.25) is 10.1 Å². The molecule has 0 fully saturated rings. The molecule has 156 valence electrons. The average molecular weight is 411 g/mol. The predicted octanol–water partition coefficient (Wildman–Crippen LogP) is 4.45. The molecule has 0 spiro atoms. The molecule has 0 bridgehead atoms. The minimum Gasteiger partial charge on any atom is -0.380 e. The van der Waals surface area contributed by atoms with Crippen molar-refractivity contribution in [3.63, 3.8) is 0 Å². The lowest BCUT2D eigenvalue weighted by Gasteiger charge is -2.27. The van der Waals surface area contributed by atoms with Gasteiger partial charge in [0.15, 0.2) is 5.60 Å². The van der Waals surface area contributed by atoms with Crippen LogP contribution in [0.4, 0.5) is 32.3 Å². The van der Waals surface area contributed by atoms with E-state index in [2.05, 4.69) is 10.3 Å². The highest BCUT2D eigenvalue weighted by molar-refractivity contribution is 5.92. The Bertz CT molecular complexity index is 891. The minimum absolute atomic E-state index is 0.0557. The molecule has 0 saturated heterocycles. The Morgan fingerprint density at radius 3 is 2.14 bits per heavy atom. The number of aliphatic hydroxyl groups is 1. The number of aromatic nitrogens is 2. The molecule has 28 heavy (non-hydrogen) atoms. The van der Waals surface area contributed by atoms with Gasteiger partial charge in [0.2, 0.25) is 11.9 Å². The zero-order valence-electron chi connectivity index (χ0n) is 15.5. The highest BCUT2D eigenvalue weighted by atomic mass is 19.4. The first kappa shape index (κ1) is 22.0. The van der Waals surface area contributed by atoms with Gasteiger partial charge >= 0.3 is 12.4 Å². The highest BCUT2D eigenvalue weighted by Crippen LogP contribution is 2.36. The first-order valence-electron chi connectivity index (χ1n) is 8.12. The number of carbonyl (C=O) groups excluding carboxylic acids is 1. The molecular formula is C17H19F6N3O2. The molecule has 1 atom stereocenters. The minimum atomic E-state index is -5.03. The highest BCUT2D eigenvalue weighted by Gasteiger charge is 2.51. The number of alkyl halides is 6. The van der Waals surface area contributed by atoms with Crippen molar-refractivity contribution in [2.75, 3.05) is 5.32 Å². The molecule has 2 aromatic rings. The van der Waals surface area contributed by atoms with Crippen molar-refractivity contribution in [2.45, 2.75) is 57.6 Å². The Balaban J connectivity index is 2.49. The summed E-state index contributed by atoms with van der Waals surface area (Å²) < 4.78 is 78.7. The number of hydrogen-bond donors (Lipinski definition) is 2. The van der Waals surface area contributed by atoms with Gasteiger partial charge in [0.25, 0.3) is 0 Å². The van der Waals surface area contributed by atoms with E-state index in [0.717, 1.165) is 18.2 Å². The number of hydrogen-bond acceptors (Lipinski definition) is 3. The molecule has 0 aliphatic carbocycles. The molecule has 1 aromatic carbocycles. The monoisotopic (exact) mass is 411 g/mol. The van der Waals surface area contributed by atoms with E-state index in [1.807, 2.05) is 0 Å². The molecule has 1 aromatic heterocycles. The van der Waals surface area contributed by atoms with Crippen molar-refractivity contribution in [1.82, 2.24) is 9.55 Å². The molecule has 0 saturated carbocycles. The summed E-state index contributed by atoms with van der Waals surface area (Å²) in [6.07, 6.45) is -10.9. The molecule has 1 heterocycles. The Labute approximate surface area is 156 Å². The number of halogens is 6. The maximum absolute atomic E-state index is 13.0. The van der Waals surface area contributed by atoms with Crippen LogP contribution in [0.5, 0.6) is 0 Å². The summed E-state index contributed by atoms with van der Waals surface area (Å²) >= 11 is 0. The van der Waals surface area contributed by atoms with Crippen LogP contribution >= 0.6 is 0 Å². The predicted molar refractivity (Wildman–Crippen MR) is 89.7 cm³/mol. The van der Waals surface area contributed by atoms with Gasteiger partial charge in [0.05, 0.1) is 23.0 Å². The van der Waals surface area contributed by atoms with E-state index in [-0.39, 0.29) is 17.0 Å². The largest absolute Gasteiger partial charge is 0.417 e. The Hall–Kier alpha value is -2.30. The topological polar surface area (TPSA) is 67.2 Å². The van der Waals surface area contributed by atoms with Crippen molar-refractivity contribution in [1.29, 1.82) is 0 Å². The normalized spacial score (nSPS) is 15.5.